The highest BCUT2D eigenvalue weighted by Crippen LogP contribution is 2.22. The third kappa shape index (κ3) is 6.05. The van der Waals surface area contributed by atoms with Crippen molar-refractivity contribution in [3.8, 4) is 11.5 Å². The number of nitrogens with zero attached hydrogens (tertiary/aromatic N) is 1. The first-order valence-corrected chi connectivity index (χ1v) is 9.58. The van der Waals surface area contributed by atoms with Crippen LogP contribution in [-0.2, 0) is 6.54 Å². The third-order valence-corrected chi connectivity index (χ3v) is 4.38. The molecule has 0 spiro atoms. The van der Waals surface area contributed by atoms with Crippen molar-refractivity contribution >= 4 is 33.6 Å². The number of rotatable bonds is 6. The van der Waals surface area contributed by atoms with Gasteiger partial charge in [-0.25, -0.2) is 4.79 Å². The molecule has 3 N–H and O–H groups in total. The Morgan fingerprint density at radius 3 is 2.55 bits per heavy atom. The fourth-order valence-electron chi connectivity index (χ4n) is 2.46. The second kappa shape index (κ2) is 9.70. The van der Waals surface area contributed by atoms with E-state index in [-0.39, 0.29) is 17.6 Å². The summed E-state index contributed by atoms with van der Waals surface area (Å²) in [6.45, 7) is 0.371. The molecule has 2 aromatic carbocycles. The minimum absolute atomic E-state index is 0.280. The van der Waals surface area contributed by atoms with E-state index in [2.05, 4.69) is 36.9 Å². The lowest BCUT2D eigenvalue weighted by molar-refractivity contribution is 0.0958. The smallest absolute Gasteiger partial charge is 0.319 e. The molecule has 0 saturated heterocycles. The van der Waals surface area contributed by atoms with E-state index in [9.17, 15) is 9.59 Å². The zero-order valence-corrected chi connectivity index (χ0v) is 17.2. The predicted octanol–water partition coefficient (Wildman–Crippen LogP) is 4.32. The molecule has 1 heterocycles. The summed E-state index contributed by atoms with van der Waals surface area (Å²) < 4.78 is 6.65. The quantitative estimate of drug-likeness (QED) is 0.517. The number of amides is 3. The van der Waals surface area contributed by atoms with Gasteiger partial charge < -0.3 is 20.7 Å². The predicted molar refractivity (Wildman–Crippen MR) is 114 cm³/mol. The molecule has 0 saturated carbocycles. The van der Waals surface area contributed by atoms with E-state index in [1.54, 1.807) is 31.3 Å². The largest absolute Gasteiger partial charge is 0.457 e. The summed E-state index contributed by atoms with van der Waals surface area (Å²) in [6, 6.07) is 17.6. The van der Waals surface area contributed by atoms with E-state index in [4.69, 9.17) is 4.74 Å². The SMILES string of the molecule is CNC(=O)c1cc(Oc2ccc(CNC(=O)Nc3cccc(Br)c3)cc2)ccn1. The van der Waals surface area contributed by atoms with Crippen LogP contribution >= 0.6 is 15.9 Å². The molecule has 0 aliphatic rings. The molecule has 3 aromatic rings. The third-order valence-electron chi connectivity index (χ3n) is 3.89. The molecule has 0 atom stereocenters. The second-order valence-corrected chi connectivity index (χ2v) is 6.94. The maximum atomic E-state index is 12.0. The summed E-state index contributed by atoms with van der Waals surface area (Å²) >= 11 is 3.37. The van der Waals surface area contributed by atoms with Gasteiger partial charge in [0.2, 0.25) is 0 Å². The summed E-state index contributed by atoms with van der Waals surface area (Å²) in [7, 11) is 1.55. The summed E-state index contributed by atoms with van der Waals surface area (Å²) in [5.74, 6) is 0.845. The Bertz CT molecular complexity index is 1010. The molecule has 0 bridgehead atoms. The van der Waals surface area contributed by atoms with Gasteiger partial charge in [0.1, 0.15) is 17.2 Å². The van der Waals surface area contributed by atoms with Crippen molar-refractivity contribution in [2.45, 2.75) is 6.54 Å². The fraction of sp³-hybridized carbons (Fsp3) is 0.0952. The maximum absolute atomic E-state index is 12.0. The highest BCUT2D eigenvalue weighted by atomic mass is 79.9. The van der Waals surface area contributed by atoms with Crippen LogP contribution in [0.2, 0.25) is 0 Å². The molecular formula is C21H19BrN4O3. The Morgan fingerprint density at radius 1 is 1.03 bits per heavy atom. The highest BCUT2D eigenvalue weighted by Gasteiger charge is 2.07. The van der Waals surface area contributed by atoms with Gasteiger partial charge in [-0.3, -0.25) is 9.78 Å². The van der Waals surface area contributed by atoms with Crippen LogP contribution in [-0.4, -0.2) is 24.0 Å². The molecular weight excluding hydrogens is 436 g/mol. The van der Waals surface area contributed by atoms with Crippen molar-refractivity contribution in [1.82, 2.24) is 15.6 Å². The van der Waals surface area contributed by atoms with Crippen LogP contribution in [0, 0.1) is 0 Å². The normalized spacial score (nSPS) is 10.1. The van der Waals surface area contributed by atoms with Gasteiger partial charge in [-0.2, -0.15) is 0 Å². The van der Waals surface area contributed by atoms with Gasteiger partial charge in [0, 0.05) is 36.0 Å². The van der Waals surface area contributed by atoms with Crippen LogP contribution in [0.15, 0.2) is 71.3 Å². The topological polar surface area (TPSA) is 92.4 Å². The Kier molecular flexibility index (Phi) is 6.80. The number of hydrogen-bond acceptors (Lipinski definition) is 4. The van der Waals surface area contributed by atoms with E-state index in [1.807, 2.05) is 36.4 Å². The summed E-state index contributed by atoms with van der Waals surface area (Å²) in [6.07, 6.45) is 1.52. The van der Waals surface area contributed by atoms with Gasteiger partial charge in [-0.1, -0.05) is 34.1 Å². The molecule has 3 amide bonds. The molecule has 0 aliphatic carbocycles. The zero-order valence-electron chi connectivity index (χ0n) is 15.6. The fourth-order valence-corrected chi connectivity index (χ4v) is 2.86. The molecule has 148 valence electrons. The van der Waals surface area contributed by atoms with Crippen LogP contribution in [0.3, 0.4) is 0 Å². The summed E-state index contributed by atoms with van der Waals surface area (Å²) in [5, 5.41) is 8.10. The number of hydrogen-bond donors (Lipinski definition) is 3. The number of halogens is 1. The van der Waals surface area contributed by atoms with Crippen LogP contribution in [0.4, 0.5) is 10.5 Å². The van der Waals surface area contributed by atoms with Crippen molar-refractivity contribution in [2.75, 3.05) is 12.4 Å². The molecule has 0 unspecified atom stereocenters. The van der Waals surface area contributed by atoms with Gasteiger partial charge in [0.15, 0.2) is 0 Å². The Morgan fingerprint density at radius 2 is 1.83 bits per heavy atom. The average molecular weight is 455 g/mol. The molecule has 7 nitrogen and oxygen atoms in total. The number of aromatic nitrogens is 1. The Labute approximate surface area is 176 Å². The number of urea groups is 1. The Balaban J connectivity index is 1.53. The highest BCUT2D eigenvalue weighted by molar-refractivity contribution is 9.10. The van der Waals surface area contributed by atoms with Gasteiger partial charge in [0.05, 0.1) is 0 Å². The van der Waals surface area contributed by atoms with Crippen molar-refractivity contribution in [3.63, 3.8) is 0 Å². The summed E-state index contributed by atoms with van der Waals surface area (Å²) in [4.78, 5) is 27.7. The molecule has 0 radical (unpaired) electrons. The number of benzene rings is 2. The van der Waals surface area contributed by atoms with E-state index >= 15 is 0 Å². The number of carbonyl (C=O) groups excluding carboxylic acids is 2. The van der Waals surface area contributed by atoms with Gasteiger partial charge in [0.25, 0.3) is 5.91 Å². The van der Waals surface area contributed by atoms with E-state index in [0.717, 1.165) is 10.0 Å². The number of anilines is 1. The number of nitrogens with one attached hydrogen (secondary N) is 3. The van der Waals surface area contributed by atoms with Crippen LogP contribution in [0.1, 0.15) is 16.1 Å². The van der Waals surface area contributed by atoms with E-state index in [0.29, 0.717) is 23.7 Å². The lowest BCUT2D eigenvalue weighted by Crippen LogP contribution is -2.28. The van der Waals surface area contributed by atoms with Crippen molar-refractivity contribution in [3.05, 3.63) is 82.6 Å². The van der Waals surface area contributed by atoms with Crippen molar-refractivity contribution < 1.29 is 14.3 Å². The average Bonchev–Trinajstić information content (AvgIpc) is 2.73. The van der Waals surface area contributed by atoms with E-state index in [1.165, 1.54) is 6.20 Å². The first-order valence-electron chi connectivity index (χ1n) is 8.79. The zero-order chi connectivity index (χ0) is 20.6. The molecule has 8 heteroatoms. The van der Waals surface area contributed by atoms with E-state index < -0.39 is 0 Å². The van der Waals surface area contributed by atoms with Crippen LogP contribution in [0.5, 0.6) is 11.5 Å². The standard InChI is InChI=1S/C21H19BrN4O3/c1-23-20(27)19-12-18(9-10-24-19)29-17-7-5-14(6-8-17)13-25-21(28)26-16-4-2-3-15(22)11-16/h2-12H,13H2,1H3,(H,23,27)(H2,25,26,28). The van der Waals surface area contributed by atoms with Crippen LogP contribution in [0.25, 0.3) is 0 Å². The molecule has 1 aromatic heterocycles. The second-order valence-electron chi connectivity index (χ2n) is 6.02. The monoisotopic (exact) mass is 454 g/mol. The minimum Gasteiger partial charge on any atom is -0.457 e. The lowest BCUT2D eigenvalue weighted by atomic mass is 10.2. The molecule has 0 fully saturated rings. The first kappa shape index (κ1) is 20.3. The maximum Gasteiger partial charge on any atom is 0.319 e. The molecule has 3 rings (SSSR count). The van der Waals surface area contributed by atoms with Gasteiger partial charge in [-0.15, -0.1) is 0 Å². The van der Waals surface area contributed by atoms with Crippen LogP contribution < -0.4 is 20.7 Å². The lowest BCUT2D eigenvalue weighted by Gasteiger charge is -2.10. The summed E-state index contributed by atoms with van der Waals surface area (Å²) in [5.41, 5.74) is 1.90. The van der Waals surface area contributed by atoms with Crippen molar-refractivity contribution in [2.24, 2.45) is 0 Å². The number of ether oxygens (including phenoxy) is 1. The first-order chi connectivity index (χ1) is 14.0. The minimum atomic E-state index is -0.290. The number of pyridine rings is 1. The van der Waals surface area contributed by atoms with Gasteiger partial charge in [-0.05, 0) is 42.0 Å². The van der Waals surface area contributed by atoms with Crippen molar-refractivity contribution in [1.29, 1.82) is 0 Å². The van der Waals surface area contributed by atoms with Gasteiger partial charge >= 0.3 is 6.03 Å². The molecule has 29 heavy (non-hydrogen) atoms. The Hall–Kier alpha value is -3.39. The number of carbonyl (C=O) groups is 2. The molecule has 0 aliphatic heterocycles.